The second-order valence-corrected chi connectivity index (χ2v) is 9.16. The standard InChI is InChI=1S/C20H23ClN4O3S/c1-13-5-6-14(11-15(13)21)22-19-24(9-4-10-29-19)16(26)12-25-17(27)20(23-18(25)28)7-2-3-8-20/h5-6,11H,2-4,7-10,12H2,1H3,(H,23,28). The summed E-state index contributed by atoms with van der Waals surface area (Å²) in [5, 5.41) is 4.01. The number of amidine groups is 1. The van der Waals surface area contributed by atoms with E-state index in [1.165, 1.54) is 11.8 Å². The van der Waals surface area contributed by atoms with Gasteiger partial charge in [0.1, 0.15) is 12.1 Å². The fourth-order valence-corrected chi connectivity index (χ4v) is 5.15. The molecule has 7 nitrogen and oxygen atoms in total. The van der Waals surface area contributed by atoms with Crippen molar-refractivity contribution in [3.63, 3.8) is 0 Å². The highest BCUT2D eigenvalue weighted by Crippen LogP contribution is 2.35. The molecule has 1 aliphatic carbocycles. The molecule has 29 heavy (non-hydrogen) atoms. The van der Waals surface area contributed by atoms with Gasteiger partial charge in [0.25, 0.3) is 5.91 Å². The number of nitrogens with one attached hydrogen (secondary N) is 1. The van der Waals surface area contributed by atoms with E-state index in [1.54, 1.807) is 11.0 Å². The van der Waals surface area contributed by atoms with E-state index in [9.17, 15) is 14.4 Å². The molecule has 1 N–H and O–H groups in total. The van der Waals surface area contributed by atoms with Crippen molar-refractivity contribution in [1.29, 1.82) is 0 Å². The van der Waals surface area contributed by atoms with Gasteiger partial charge in [0.2, 0.25) is 5.91 Å². The van der Waals surface area contributed by atoms with Gasteiger partial charge in [0.05, 0.1) is 5.69 Å². The van der Waals surface area contributed by atoms with E-state index < -0.39 is 11.6 Å². The quantitative estimate of drug-likeness (QED) is 0.738. The maximum atomic E-state index is 13.0. The highest BCUT2D eigenvalue weighted by Gasteiger charge is 2.53. The van der Waals surface area contributed by atoms with E-state index in [4.69, 9.17) is 11.6 Å². The summed E-state index contributed by atoms with van der Waals surface area (Å²) in [6.45, 7) is 2.17. The topological polar surface area (TPSA) is 82.1 Å². The Bertz CT molecular complexity index is 898. The molecule has 1 aromatic carbocycles. The van der Waals surface area contributed by atoms with Crippen LogP contribution < -0.4 is 5.32 Å². The van der Waals surface area contributed by atoms with Crippen molar-refractivity contribution in [2.45, 2.75) is 44.6 Å². The van der Waals surface area contributed by atoms with Crippen LogP contribution in [0.25, 0.3) is 0 Å². The van der Waals surface area contributed by atoms with Crippen LogP contribution in [0.2, 0.25) is 5.02 Å². The third kappa shape index (κ3) is 3.88. The number of urea groups is 1. The lowest BCUT2D eigenvalue weighted by Crippen LogP contribution is -2.48. The second kappa shape index (κ2) is 7.99. The van der Waals surface area contributed by atoms with Crippen LogP contribution in [-0.4, -0.2) is 57.2 Å². The minimum atomic E-state index is -0.802. The average Bonchev–Trinajstić information content (AvgIpc) is 3.26. The molecule has 0 radical (unpaired) electrons. The zero-order chi connectivity index (χ0) is 20.6. The van der Waals surface area contributed by atoms with Crippen molar-refractivity contribution in [1.82, 2.24) is 15.1 Å². The molecule has 154 valence electrons. The molecule has 3 fully saturated rings. The number of thioether (sulfide) groups is 1. The highest BCUT2D eigenvalue weighted by molar-refractivity contribution is 8.13. The minimum absolute atomic E-state index is 0.263. The fraction of sp³-hybridized carbons (Fsp3) is 0.500. The zero-order valence-corrected chi connectivity index (χ0v) is 17.8. The molecule has 2 heterocycles. The monoisotopic (exact) mass is 434 g/mol. The van der Waals surface area contributed by atoms with Crippen LogP contribution in [0, 0.1) is 6.92 Å². The molecule has 3 aliphatic rings. The molecule has 9 heteroatoms. The van der Waals surface area contributed by atoms with Crippen molar-refractivity contribution < 1.29 is 14.4 Å². The summed E-state index contributed by atoms with van der Waals surface area (Å²) in [7, 11) is 0. The summed E-state index contributed by atoms with van der Waals surface area (Å²) < 4.78 is 0. The van der Waals surface area contributed by atoms with E-state index >= 15 is 0 Å². The number of imide groups is 1. The number of rotatable bonds is 3. The lowest BCUT2D eigenvalue weighted by molar-refractivity contribution is -0.137. The van der Waals surface area contributed by atoms with Gasteiger partial charge in [-0.3, -0.25) is 19.4 Å². The smallest absolute Gasteiger partial charge is 0.323 e. The molecular weight excluding hydrogens is 412 g/mol. The van der Waals surface area contributed by atoms with Gasteiger partial charge in [0.15, 0.2) is 5.17 Å². The molecule has 0 unspecified atom stereocenters. The summed E-state index contributed by atoms with van der Waals surface area (Å²) in [5.74, 6) is 0.281. The third-order valence-corrected chi connectivity index (χ3v) is 7.14. The van der Waals surface area contributed by atoms with Gasteiger partial charge in [-0.1, -0.05) is 42.3 Å². The average molecular weight is 435 g/mol. The molecule has 4 rings (SSSR count). The maximum Gasteiger partial charge on any atom is 0.325 e. The Morgan fingerprint density at radius 2 is 2.03 bits per heavy atom. The Balaban J connectivity index is 1.52. The Morgan fingerprint density at radius 3 is 2.76 bits per heavy atom. The molecule has 1 aromatic rings. The molecule has 2 saturated heterocycles. The summed E-state index contributed by atoms with van der Waals surface area (Å²) in [6, 6.07) is 5.03. The predicted octanol–water partition coefficient (Wildman–Crippen LogP) is 3.47. The number of carbonyl (C=O) groups excluding carboxylic acids is 3. The Hall–Kier alpha value is -2.06. The van der Waals surface area contributed by atoms with Crippen LogP contribution >= 0.6 is 23.4 Å². The van der Waals surface area contributed by atoms with Gasteiger partial charge in [-0.05, 0) is 43.9 Å². The number of benzene rings is 1. The van der Waals surface area contributed by atoms with E-state index in [-0.39, 0.29) is 18.4 Å². The lowest BCUT2D eigenvalue weighted by atomic mass is 9.98. The van der Waals surface area contributed by atoms with Crippen molar-refractivity contribution in [3.8, 4) is 0 Å². The van der Waals surface area contributed by atoms with E-state index in [2.05, 4.69) is 10.3 Å². The second-order valence-electron chi connectivity index (χ2n) is 7.69. The fourth-order valence-electron chi connectivity index (χ4n) is 4.00. The first-order valence-electron chi connectivity index (χ1n) is 9.82. The normalized spacial score (nSPS) is 22.6. The van der Waals surface area contributed by atoms with Crippen LogP contribution in [0.15, 0.2) is 23.2 Å². The first-order valence-corrected chi connectivity index (χ1v) is 11.2. The number of aliphatic imine (C=N–C) groups is 1. The summed E-state index contributed by atoms with van der Waals surface area (Å²) in [6.07, 6.45) is 3.93. The van der Waals surface area contributed by atoms with Gasteiger partial charge in [-0.2, -0.15) is 0 Å². The maximum absolute atomic E-state index is 13.0. The highest BCUT2D eigenvalue weighted by atomic mass is 35.5. The zero-order valence-electron chi connectivity index (χ0n) is 16.2. The van der Waals surface area contributed by atoms with Crippen LogP contribution in [0.3, 0.4) is 0 Å². The van der Waals surface area contributed by atoms with Gasteiger partial charge in [0, 0.05) is 17.3 Å². The minimum Gasteiger partial charge on any atom is -0.323 e. The number of hydrogen-bond acceptors (Lipinski definition) is 5. The number of carbonyl (C=O) groups is 3. The van der Waals surface area contributed by atoms with Crippen LogP contribution in [-0.2, 0) is 9.59 Å². The number of amides is 4. The van der Waals surface area contributed by atoms with Gasteiger partial charge in [-0.25, -0.2) is 9.79 Å². The van der Waals surface area contributed by atoms with Crippen molar-refractivity contribution in [2.24, 2.45) is 4.99 Å². The molecule has 0 atom stereocenters. The summed E-state index contributed by atoms with van der Waals surface area (Å²) >= 11 is 7.68. The summed E-state index contributed by atoms with van der Waals surface area (Å²) in [5.41, 5.74) is 0.825. The predicted molar refractivity (Wildman–Crippen MR) is 114 cm³/mol. The molecule has 1 spiro atoms. The van der Waals surface area contributed by atoms with E-state index in [1.807, 2.05) is 19.1 Å². The van der Waals surface area contributed by atoms with Crippen LogP contribution in [0.4, 0.5) is 10.5 Å². The SMILES string of the molecule is Cc1ccc(N=C2SCCCN2C(=O)CN2C(=O)NC3(CCCC3)C2=O)cc1Cl. The number of hydrogen-bond donors (Lipinski definition) is 1. The molecule has 1 saturated carbocycles. The third-order valence-electron chi connectivity index (χ3n) is 5.67. The van der Waals surface area contributed by atoms with Gasteiger partial charge >= 0.3 is 6.03 Å². The Morgan fingerprint density at radius 1 is 1.28 bits per heavy atom. The summed E-state index contributed by atoms with van der Waals surface area (Å²) in [4.78, 5) is 45.4. The number of nitrogens with zero attached hydrogens (tertiary/aromatic N) is 3. The van der Waals surface area contributed by atoms with Gasteiger partial charge < -0.3 is 5.32 Å². The largest absolute Gasteiger partial charge is 0.325 e. The molecule has 4 amide bonds. The Kier molecular flexibility index (Phi) is 5.57. The first kappa shape index (κ1) is 20.2. The number of aryl methyl sites for hydroxylation is 1. The molecule has 0 aromatic heterocycles. The van der Waals surface area contributed by atoms with Crippen LogP contribution in [0.5, 0.6) is 0 Å². The van der Waals surface area contributed by atoms with E-state index in [0.29, 0.717) is 35.3 Å². The molecule has 0 bridgehead atoms. The first-order chi connectivity index (χ1) is 13.9. The van der Waals surface area contributed by atoms with Crippen molar-refractivity contribution >= 4 is 52.1 Å². The van der Waals surface area contributed by atoms with Gasteiger partial charge in [-0.15, -0.1) is 0 Å². The molecule has 2 aliphatic heterocycles. The Labute approximate surface area is 178 Å². The van der Waals surface area contributed by atoms with Crippen molar-refractivity contribution in [2.75, 3.05) is 18.8 Å². The number of halogens is 1. The lowest BCUT2D eigenvalue weighted by Gasteiger charge is -2.29. The van der Waals surface area contributed by atoms with Crippen molar-refractivity contribution in [3.05, 3.63) is 28.8 Å². The van der Waals surface area contributed by atoms with Crippen LogP contribution in [0.1, 0.15) is 37.7 Å². The molecular formula is C20H23ClN4O3S. The van der Waals surface area contributed by atoms with E-state index in [0.717, 1.165) is 35.5 Å².